The summed E-state index contributed by atoms with van der Waals surface area (Å²) in [6, 6.07) is 0. The van der Waals surface area contributed by atoms with Crippen molar-refractivity contribution in [2.45, 2.75) is 77.7 Å². The maximum absolute atomic E-state index is 11.5. The molecule has 1 radical (unpaired) electrons. The van der Waals surface area contributed by atoms with Crippen LogP contribution in [-0.2, 0) is 49.7 Å². The Labute approximate surface area is 183 Å². The van der Waals surface area contributed by atoms with Crippen molar-refractivity contribution < 1.29 is 35.9 Å². The Bertz CT molecular complexity index is 365. The fourth-order valence-corrected chi connectivity index (χ4v) is 10.5. The van der Waals surface area contributed by atoms with Crippen molar-refractivity contribution >= 4 is 57.8 Å². The van der Waals surface area contributed by atoms with Crippen molar-refractivity contribution in [3.63, 3.8) is 0 Å². The van der Waals surface area contributed by atoms with Gasteiger partial charge in [0.1, 0.15) is 0 Å². The summed E-state index contributed by atoms with van der Waals surface area (Å²) in [6.07, 6.45) is 3.95. The smallest absolute Gasteiger partial charge is 0.793 e. The van der Waals surface area contributed by atoms with Crippen LogP contribution in [-0.4, -0.2) is 23.7 Å². The van der Waals surface area contributed by atoms with Crippen molar-refractivity contribution in [3.05, 3.63) is 0 Å². The molecule has 0 rings (SSSR count). The second-order valence-electron chi connectivity index (χ2n) is 5.58. The third kappa shape index (κ3) is 26.4. The topological polar surface area (TPSA) is 64.6 Å². The second-order valence-corrected chi connectivity index (χ2v) is 18.6. The molecule has 4 nitrogen and oxygen atoms in total. The summed E-state index contributed by atoms with van der Waals surface area (Å²) < 4.78 is 10.2. The molecule has 2 atom stereocenters. The van der Waals surface area contributed by atoms with Crippen molar-refractivity contribution in [1.82, 2.24) is 0 Å². The van der Waals surface area contributed by atoms with E-state index in [1.165, 1.54) is 22.8 Å². The molecule has 0 saturated heterocycles. The molecule has 0 N–H and O–H groups in total. The Balaban J connectivity index is -0.000000372. The van der Waals surface area contributed by atoms with Crippen LogP contribution in [0.4, 0.5) is 0 Å². The van der Waals surface area contributed by atoms with E-state index in [1.54, 1.807) is 0 Å². The van der Waals surface area contributed by atoms with Gasteiger partial charge in [-0.2, -0.15) is 0 Å². The molecular formula is C14H32CuO4P2S4. The quantitative estimate of drug-likeness (QED) is 0.202. The minimum absolute atomic E-state index is 0. The molecule has 0 aliphatic carbocycles. The van der Waals surface area contributed by atoms with Gasteiger partial charge in [-0.1, -0.05) is 78.0 Å². The normalized spacial score (nSPS) is 15.8. The predicted molar refractivity (Wildman–Crippen MR) is 116 cm³/mol. The zero-order chi connectivity index (χ0) is 19.2. The van der Waals surface area contributed by atoms with Gasteiger partial charge in [0.25, 0.3) is 0 Å². The van der Waals surface area contributed by atoms with E-state index >= 15 is 0 Å². The molecule has 11 heteroatoms. The van der Waals surface area contributed by atoms with Crippen LogP contribution in [0.15, 0.2) is 0 Å². The molecule has 0 aromatic rings. The molecule has 0 bridgehead atoms. The van der Waals surface area contributed by atoms with Crippen LogP contribution in [0.3, 0.4) is 0 Å². The van der Waals surface area contributed by atoms with E-state index in [-0.39, 0.29) is 27.6 Å². The van der Waals surface area contributed by atoms with Crippen molar-refractivity contribution in [1.29, 1.82) is 0 Å². The van der Waals surface area contributed by atoms with Crippen LogP contribution in [0.2, 0.25) is 0 Å². The Kier molecular flexibility index (Phi) is 23.6. The van der Waals surface area contributed by atoms with Crippen molar-refractivity contribution in [3.8, 4) is 0 Å². The SMILES string of the molecule is CCCCOP([O-])(=S)SC(C)C.CCCCOP([O-])(=S)SC(C)C.[Cu+2]. The van der Waals surface area contributed by atoms with Crippen molar-refractivity contribution in [2.24, 2.45) is 0 Å². The van der Waals surface area contributed by atoms with E-state index in [0.29, 0.717) is 13.2 Å². The molecule has 0 aliphatic rings. The van der Waals surface area contributed by atoms with Crippen LogP contribution >= 0.6 is 34.2 Å². The second kappa shape index (κ2) is 18.4. The van der Waals surface area contributed by atoms with E-state index in [1.807, 2.05) is 27.7 Å². The first-order valence-corrected chi connectivity index (χ1v) is 16.5. The molecule has 0 amide bonds. The van der Waals surface area contributed by atoms with E-state index < -0.39 is 11.4 Å². The number of hydrogen-bond donors (Lipinski definition) is 0. The molecule has 0 heterocycles. The summed E-state index contributed by atoms with van der Waals surface area (Å²) in [4.78, 5) is 22.9. The van der Waals surface area contributed by atoms with Crippen LogP contribution in [0, 0.1) is 0 Å². The maximum Gasteiger partial charge on any atom is 2.00 e. The molecule has 0 aromatic carbocycles. The Morgan fingerprint density at radius 2 is 1.08 bits per heavy atom. The van der Waals surface area contributed by atoms with E-state index in [0.717, 1.165) is 25.7 Å². The van der Waals surface area contributed by atoms with E-state index in [4.69, 9.17) is 32.7 Å². The van der Waals surface area contributed by atoms with Gasteiger partial charge in [0.05, 0.1) is 13.2 Å². The van der Waals surface area contributed by atoms with Crippen LogP contribution in [0.1, 0.15) is 67.2 Å². The summed E-state index contributed by atoms with van der Waals surface area (Å²) in [5.74, 6) is 0. The first-order chi connectivity index (χ1) is 11.0. The summed E-state index contributed by atoms with van der Waals surface area (Å²) in [5.41, 5.74) is -5.56. The zero-order valence-electron chi connectivity index (χ0n) is 15.9. The fraction of sp³-hybridized carbons (Fsp3) is 1.00. The first kappa shape index (κ1) is 32.0. The third-order valence-corrected chi connectivity index (χ3v) is 11.4. The fourth-order valence-electron chi connectivity index (χ4n) is 1.22. The molecule has 0 aromatic heterocycles. The molecule has 0 spiro atoms. The van der Waals surface area contributed by atoms with Gasteiger partial charge in [0.2, 0.25) is 0 Å². The molecule has 0 fully saturated rings. The van der Waals surface area contributed by atoms with Gasteiger partial charge >= 0.3 is 17.1 Å². The van der Waals surface area contributed by atoms with Gasteiger partial charge in [0.15, 0.2) is 0 Å². The van der Waals surface area contributed by atoms with Crippen LogP contribution < -0.4 is 9.79 Å². The summed E-state index contributed by atoms with van der Waals surface area (Å²) in [6.45, 7) is 13.0. The van der Waals surface area contributed by atoms with Gasteiger partial charge in [-0.3, -0.25) is 0 Å². The maximum atomic E-state index is 11.5. The summed E-state index contributed by atoms with van der Waals surface area (Å²) in [5, 5.41) is 0.546. The first-order valence-electron chi connectivity index (χ1n) is 8.23. The predicted octanol–water partition coefficient (Wildman–Crippen LogP) is 5.06. The zero-order valence-corrected chi connectivity index (χ0v) is 21.9. The monoisotopic (exact) mass is 517 g/mol. The molecule has 157 valence electrons. The molecule has 0 aliphatic heterocycles. The van der Waals surface area contributed by atoms with Gasteiger partial charge in [-0.15, -0.1) is 22.8 Å². The third-order valence-electron chi connectivity index (χ3n) is 2.17. The Morgan fingerprint density at radius 1 is 0.800 bits per heavy atom. The standard InChI is InChI=1S/2C7H17O2PS2.Cu/c2*1-4-5-6-9-10(8,11)12-7(2)3;/h2*7H,4-6H2,1-3H3,(H,8,11);/q;;+2/p-2. The minimum atomic E-state index is -2.78. The molecular weight excluding hydrogens is 486 g/mol. The average Bonchev–Trinajstić information content (AvgIpc) is 2.36. The number of rotatable bonds is 12. The summed E-state index contributed by atoms with van der Waals surface area (Å²) >= 11 is 12.2. The number of unbranched alkanes of at least 4 members (excludes halogenated alkanes) is 2. The van der Waals surface area contributed by atoms with E-state index in [2.05, 4.69) is 13.8 Å². The minimum Gasteiger partial charge on any atom is -0.793 e. The van der Waals surface area contributed by atoms with Gasteiger partial charge in [-0.25, -0.2) is 0 Å². The van der Waals surface area contributed by atoms with E-state index in [9.17, 15) is 9.79 Å². The van der Waals surface area contributed by atoms with Gasteiger partial charge in [0, 0.05) is 21.9 Å². The Morgan fingerprint density at radius 3 is 1.28 bits per heavy atom. The molecule has 0 saturated carbocycles. The van der Waals surface area contributed by atoms with Gasteiger partial charge in [-0.05, 0) is 12.8 Å². The molecule has 2 unspecified atom stereocenters. The van der Waals surface area contributed by atoms with Crippen LogP contribution in [0.25, 0.3) is 0 Å². The number of hydrogen-bond acceptors (Lipinski definition) is 8. The largest absolute Gasteiger partial charge is 2.00 e. The summed E-state index contributed by atoms with van der Waals surface area (Å²) in [7, 11) is 0. The van der Waals surface area contributed by atoms with Gasteiger partial charge < -0.3 is 18.8 Å². The van der Waals surface area contributed by atoms with Crippen molar-refractivity contribution in [2.75, 3.05) is 13.2 Å². The molecule has 25 heavy (non-hydrogen) atoms. The average molecular weight is 518 g/mol. The van der Waals surface area contributed by atoms with Crippen LogP contribution in [0.5, 0.6) is 0 Å². The Hall–Kier alpha value is 2.36.